The third kappa shape index (κ3) is 3.64. The van der Waals surface area contributed by atoms with E-state index < -0.39 is 0 Å². The van der Waals surface area contributed by atoms with Gasteiger partial charge in [-0.1, -0.05) is 6.42 Å². The highest BCUT2D eigenvalue weighted by atomic mass is 16.5. The lowest BCUT2D eigenvalue weighted by molar-refractivity contribution is 0.338. The molecule has 1 aliphatic heterocycles. The first-order valence-electron chi connectivity index (χ1n) is 7.00. The van der Waals surface area contributed by atoms with Gasteiger partial charge >= 0.3 is 0 Å². The second-order valence-electron chi connectivity index (χ2n) is 4.94. The molecule has 3 nitrogen and oxygen atoms in total. The molecule has 2 N–H and O–H groups in total. The molecule has 0 aromatic heterocycles. The van der Waals surface area contributed by atoms with E-state index in [-0.39, 0.29) is 0 Å². The molecule has 1 fully saturated rings. The summed E-state index contributed by atoms with van der Waals surface area (Å²) in [4.78, 5) is 0. The molecular weight excluding hydrogens is 224 g/mol. The van der Waals surface area contributed by atoms with E-state index in [1.54, 1.807) is 0 Å². The minimum Gasteiger partial charge on any atom is -0.494 e. The van der Waals surface area contributed by atoms with Crippen molar-refractivity contribution < 1.29 is 4.74 Å². The SMILES string of the molecule is CCOc1ccc(NCC2CCCCN2)cc1C. The Kier molecular flexibility index (Phi) is 4.88. The fraction of sp³-hybridized carbons (Fsp3) is 0.600. The van der Waals surface area contributed by atoms with E-state index in [0.717, 1.165) is 25.4 Å². The zero-order valence-electron chi connectivity index (χ0n) is 11.5. The monoisotopic (exact) mass is 248 g/mol. The minimum atomic E-state index is 0.616. The van der Waals surface area contributed by atoms with Crippen LogP contribution in [0.1, 0.15) is 31.7 Å². The topological polar surface area (TPSA) is 33.3 Å². The fourth-order valence-corrected chi connectivity index (χ4v) is 2.42. The number of benzene rings is 1. The number of anilines is 1. The maximum atomic E-state index is 5.55. The summed E-state index contributed by atoms with van der Waals surface area (Å²) in [5, 5.41) is 7.05. The molecule has 0 amide bonds. The molecule has 2 rings (SSSR count). The van der Waals surface area contributed by atoms with E-state index in [0.29, 0.717) is 6.04 Å². The lowest BCUT2D eigenvalue weighted by Gasteiger charge is -2.24. The molecule has 1 saturated heterocycles. The van der Waals surface area contributed by atoms with Gasteiger partial charge in [-0.2, -0.15) is 0 Å². The van der Waals surface area contributed by atoms with Crippen LogP contribution in [0.4, 0.5) is 5.69 Å². The van der Waals surface area contributed by atoms with Gasteiger partial charge in [0.1, 0.15) is 5.75 Å². The summed E-state index contributed by atoms with van der Waals surface area (Å²) in [5.74, 6) is 0.985. The summed E-state index contributed by atoms with van der Waals surface area (Å²) in [7, 11) is 0. The van der Waals surface area contributed by atoms with Crippen molar-refractivity contribution >= 4 is 5.69 Å². The Morgan fingerprint density at radius 1 is 1.39 bits per heavy atom. The van der Waals surface area contributed by atoms with Crippen LogP contribution in [0, 0.1) is 6.92 Å². The van der Waals surface area contributed by atoms with E-state index in [1.807, 2.05) is 6.92 Å². The van der Waals surface area contributed by atoms with Gasteiger partial charge in [-0.05, 0) is 57.0 Å². The maximum Gasteiger partial charge on any atom is 0.122 e. The number of hydrogen-bond donors (Lipinski definition) is 2. The molecular formula is C15H24N2O. The first-order chi connectivity index (χ1) is 8.79. The Balaban J connectivity index is 1.87. The van der Waals surface area contributed by atoms with E-state index >= 15 is 0 Å². The van der Waals surface area contributed by atoms with Gasteiger partial charge < -0.3 is 15.4 Å². The number of rotatable bonds is 5. The van der Waals surface area contributed by atoms with E-state index in [9.17, 15) is 0 Å². The van der Waals surface area contributed by atoms with Gasteiger partial charge in [0, 0.05) is 18.3 Å². The Morgan fingerprint density at radius 3 is 2.94 bits per heavy atom. The van der Waals surface area contributed by atoms with Crippen molar-refractivity contribution in [2.75, 3.05) is 25.0 Å². The van der Waals surface area contributed by atoms with Crippen molar-refractivity contribution in [2.24, 2.45) is 0 Å². The van der Waals surface area contributed by atoms with Crippen LogP contribution in [0.15, 0.2) is 18.2 Å². The zero-order chi connectivity index (χ0) is 12.8. The van der Waals surface area contributed by atoms with Crippen LogP contribution in [0.25, 0.3) is 0 Å². The summed E-state index contributed by atoms with van der Waals surface area (Å²) in [5.41, 5.74) is 2.38. The summed E-state index contributed by atoms with van der Waals surface area (Å²) >= 11 is 0. The first kappa shape index (κ1) is 13.2. The van der Waals surface area contributed by atoms with Crippen molar-refractivity contribution in [2.45, 2.75) is 39.2 Å². The van der Waals surface area contributed by atoms with Crippen LogP contribution in [0.5, 0.6) is 5.75 Å². The van der Waals surface area contributed by atoms with Gasteiger partial charge in [0.05, 0.1) is 6.61 Å². The van der Waals surface area contributed by atoms with Crippen molar-refractivity contribution in [3.63, 3.8) is 0 Å². The number of piperidine rings is 1. The maximum absolute atomic E-state index is 5.55. The number of nitrogens with one attached hydrogen (secondary N) is 2. The number of hydrogen-bond acceptors (Lipinski definition) is 3. The number of ether oxygens (including phenoxy) is 1. The molecule has 1 aromatic carbocycles. The van der Waals surface area contributed by atoms with Crippen molar-refractivity contribution in [3.8, 4) is 5.75 Å². The van der Waals surface area contributed by atoms with Gasteiger partial charge in [0.15, 0.2) is 0 Å². The van der Waals surface area contributed by atoms with Gasteiger partial charge in [-0.25, -0.2) is 0 Å². The molecule has 1 aromatic rings. The van der Waals surface area contributed by atoms with Crippen LogP contribution >= 0.6 is 0 Å². The molecule has 1 heterocycles. The second-order valence-corrected chi connectivity index (χ2v) is 4.94. The van der Waals surface area contributed by atoms with E-state index in [4.69, 9.17) is 4.74 Å². The molecule has 0 radical (unpaired) electrons. The van der Waals surface area contributed by atoms with Crippen molar-refractivity contribution in [1.29, 1.82) is 0 Å². The van der Waals surface area contributed by atoms with Crippen LogP contribution in [0.3, 0.4) is 0 Å². The molecule has 1 atom stereocenters. The van der Waals surface area contributed by atoms with Crippen LogP contribution in [-0.2, 0) is 0 Å². The van der Waals surface area contributed by atoms with E-state index in [2.05, 4.69) is 35.8 Å². The standard InChI is InChI=1S/C15H24N2O/c1-3-18-15-8-7-13(10-12(15)2)17-11-14-6-4-5-9-16-14/h7-8,10,14,16-17H,3-6,9,11H2,1-2H3. The summed E-state index contributed by atoms with van der Waals surface area (Å²) in [6.07, 6.45) is 3.95. The molecule has 100 valence electrons. The van der Waals surface area contributed by atoms with E-state index in [1.165, 1.54) is 30.5 Å². The lowest BCUT2D eigenvalue weighted by Crippen LogP contribution is -2.39. The average Bonchev–Trinajstić information content (AvgIpc) is 2.41. The normalized spacial score (nSPS) is 19.6. The molecule has 1 aliphatic rings. The zero-order valence-corrected chi connectivity index (χ0v) is 11.5. The van der Waals surface area contributed by atoms with Crippen molar-refractivity contribution in [3.05, 3.63) is 23.8 Å². The third-order valence-corrected chi connectivity index (χ3v) is 3.44. The molecule has 0 bridgehead atoms. The van der Waals surface area contributed by atoms with Gasteiger partial charge in [-0.3, -0.25) is 0 Å². The average molecular weight is 248 g/mol. The Morgan fingerprint density at radius 2 is 2.28 bits per heavy atom. The van der Waals surface area contributed by atoms with Gasteiger partial charge in [0.25, 0.3) is 0 Å². The van der Waals surface area contributed by atoms with Gasteiger partial charge in [-0.15, -0.1) is 0 Å². The van der Waals surface area contributed by atoms with Gasteiger partial charge in [0.2, 0.25) is 0 Å². The lowest BCUT2D eigenvalue weighted by atomic mass is 10.1. The summed E-state index contributed by atoms with van der Waals surface area (Å²) in [6.45, 7) is 7.00. The van der Waals surface area contributed by atoms with Crippen LogP contribution in [-0.4, -0.2) is 25.7 Å². The molecule has 1 unspecified atom stereocenters. The Labute approximate surface area is 110 Å². The molecule has 3 heteroatoms. The third-order valence-electron chi connectivity index (χ3n) is 3.44. The fourth-order valence-electron chi connectivity index (χ4n) is 2.42. The Bertz CT molecular complexity index is 373. The summed E-state index contributed by atoms with van der Waals surface area (Å²) in [6, 6.07) is 6.93. The smallest absolute Gasteiger partial charge is 0.122 e. The first-order valence-corrected chi connectivity index (χ1v) is 7.00. The highest BCUT2D eigenvalue weighted by Gasteiger charge is 2.11. The highest BCUT2D eigenvalue weighted by molar-refractivity contribution is 5.50. The predicted octanol–water partition coefficient (Wildman–Crippen LogP) is 2.95. The molecule has 0 saturated carbocycles. The second kappa shape index (κ2) is 6.64. The number of aryl methyl sites for hydroxylation is 1. The summed E-state index contributed by atoms with van der Waals surface area (Å²) < 4.78 is 5.55. The molecule has 0 spiro atoms. The molecule has 0 aliphatic carbocycles. The largest absolute Gasteiger partial charge is 0.494 e. The molecule has 18 heavy (non-hydrogen) atoms. The highest BCUT2D eigenvalue weighted by Crippen LogP contribution is 2.22. The Hall–Kier alpha value is -1.22. The van der Waals surface area contributed by atoms with Crippen molar-refractivity contribution in [1.82, 2.24) is 5.32 Å². The predicted molar refractivity (Wildman–Crippen MR) is 76.5 cm³/mol. The minimum absolute atomic E-state index is 0.616. The van der Waals surface area contributed by atoms with Crippen LogP contribution in [0.2, 0.25) is 0 Å². The quantitative estimate of drug-likeness (QED) is 0.840. The van der Waals surface area contributed by atoms with Crippen LogP contribution < -0.4 is 15.4 Å².